The summed E-state index contributed by atoms with van der Waals surface area (Å²) in [4.78, 5) is 27.7. The van der Waals surface area contributed by atoms with Crippen molar-refractivity contribution < 1.29 is 9.18 Å². The lowest BCUT2D eigenvalue weighted by atomic mass is 10.1. The van der Waals surface area contributed by atoms with E-state index in [9.17, 15) is 9.18 Å². The zero-order chi connectivity index (χ0) is 22.0. The van der Waals surface area contributed by atoms with Gasteiger partial charge in [-0.05, 0) is 37.3 Å². The highest BCUT2D eigenvalue weighted by Crippen LogP contribution is 2.29. The third-order valence-corrected chi connectivity index (χ3v) is 5.11. The lowest BCUT2D eigenvalue weighted by Crippen LogP contribution is -2.24. The van der Waals surface area contributed by atoms with Crippen molar-refractivity contribution in [3.8, 4) is 11.4 Å². The van der Waals surface area contributed by atoms with E-state index in [1.807, 2.05) is 56.4 Å². The number of fused-ring (bicyclic) bond motifs is 1. The lowest BCUT2D eigenvalue weighted by molar-refractivity contribution is 0.0953. The van der Waals surface area contributed by atoms with Crippen LogP contribution < -0.4 is 10.2 Å². The smallest absolute Gasteiger partial charge is 0.251 e. The second kappa shape index (κ2) is 8.63. The van der Waals surface area contributed by atoms with Crippen LogP contribution in [0.4, 0.5) is 10.2 Å². The minimum Gasteiger partial charge on any atom is -0.362 e. The molecule has 0 unspecified atom stereocenters. The molecule has 2 aromatic carbocycles. The van der Waals surface area contributed by atoms with Crippen molar-refractivity contribution in [2.45, 2.75) is 19.8 Å². The maximum Gasteiger partial charge on any atom is 0.251 e. The summed E-state index contributed by atoms with van der Waals surface area (Å²) in [5.74, 6) is 0.146. The van der Waals surface area contributed by atoms with E-state index in [1.54, 1.807) is 12.1 Å². The van der Waals surface area contributed by atoms with E-state index < -0.39 is 5.82 Å². The SMILES string of the molecule is Cc1ccc2nc(-c3ccc(C(=O)NCCC4=CCC=N4)cc3F)nc(N(C)C)c2c1. The van der Waals surface area contributed by atoms with Crippen molar-refractivity contribution in [2.24, 2.45) is 4.99 Å². The number of halogens is 1. The monoisotopic (exact) mass is 417 g/mol. The molecule has 1 N–H and O–H groups in total. The molecule has 31 heavy (non-hydrogen) atoms. The van der Waals surface area contributed by atoms with E-state index in [4.69, 9.17) is 0 Å². The molecule has 0 aliphatic carbocycles. The fourth-order valence-corrected chi connectivity index (χ4v) is 3.51. The Morgan fingerprint density at radius 2 is 2.00 bits per heavy atom. The summed E-state index contributed by atoms with van der Waals surface area (Å²) < 4.78 is 15.0. The third-order valence-electron chi connectivity index (χ3n) is 5.11. The van der Waals surface area contributed by atoms with Gasteiger partial charge in [0, 0.05) is 56.3 Å². The van der Waals surface area contributed by atoms with Crippen molar-refractivity contribution in [3.05, 3.63) is 65.1 Å². The molecule has 0 saturated carbocycles. The van der Waals surface area contributed by atoms with E-state index >= 15 is 0 Å². The molecule has 158 valence electrons. The Morgan fingerprint density at radius 3 is 2.71 bits per heavy atom. The zero-order valence-corrected chi connectivity index (χ0v) is 17.8. The number of anilines is 1. The Balaban J connectivity index is 1.59. The molecule has 7 heteroatoms. The highest BCUT2D eigenvalue weighted by molar-refractivity contribution is 5.95. The number of carbonyl (C=O) groups is 1. The van der Waals surface area contributed by atoms with Gasteiger partial charge in [0.2, 0.25) is 0 Å². The van der Waals surface area contributed by atoms with Crippen LogP contribution in [0.1, 0.15) is 28.8 Å². The van der Waals surface area contributed by atoms with E-state index in [0.29, 0.717) is 18.8 Å². The Bertz CT molecular complexity index is 1220. The Hall–Kier alpha value is -3.61. The van der Waals surface area contributed by atoms with Crippen LogP contribution in [-0.2, 0) is 0 Å². The number of nitrogens with zero attached hydrogens (tertiary/aromatic N) is 4. The first kappa shape index (κ1) is 20.7. The van der Waals surface area contributed by atoms with Gasteiger partial charge in [-0.2, -0.15) is 0 Å². The van der Waals surface area contributed by atoms with Gasteiger partial charge in [0.15, 0.2) is 5.82 Å². The summed E-state index contributed by atoms with van der Waals surface area (Å²) >= 11 is 0. The van der Waals surface area contributed by atoms with E-state index in [-0.39, 0.29) is 22.9 Å². The summed E-state index contributed by atoms with van der Waals surface area (Å²) in [6.07, 6.45) is 5.35. The maximum absolute atomic E-state index is 15.0. The molecular formula is C24H24FN5O. The second-order valence-corrected chi connectivity index (χ2v) is 7.73. The van der Waals surface area contributed by atoms with Gasteiger partial charge >= 0.3 is 0 Å². The first-order chi connectivity index (χ1) is 14.9. The number of hydrogen-bond donors (Lipinski definition) is 1. The van der Waals surface area contributed by atoms with E-state index in [2.05, 4.69) is 20.3 Å². The first-order valence-corrected chi connectivity index (χ1v) is 10.2. The van der Waals surface area contributed by atoms with E-state index in [1.165, 1.54) is 6.07 Å². The number of allylic oxidation sites excluding steroid dienone is 1. The van der Waals surface area contributed by atoms with Crippen molar-refractivity contribution in [2.75, 3.05) is 25.5 Å². The lowest BCUT2D eigenvalue weighted by Gasteiger charge is -2.16. The minimum atomic E-state index is -0.535. The number of amides is 1. The summed E-state index contributed by atoms with van der Waals surface area (Å²) in [6, 6.07) is 10.3. The largest absolute Gasteiger partial charge is 0.362 e. The molecule has 1 amide bonds. The number of aryl methyl sites for hydroxylation is 1. The number of rotatable bonds is 6. The second-order valence-electron chi connectivity index (χ2n) is 7.73. The van der Waals surface area contributed by atoms with Gasteiger partial charge < -0.3 is 10.2 Å². The average Bonchev–Trinajstić information content (AvgIpc) is 3.26. The van der Waals surface area contributed by atoms with Gasteiger partial charge in [0.05, 0.1) is 11.1 Å². The van der Waals surface area contributed by atoms with Gasteiger partial charge in [0.25, 0.3) is 5.91 Å². The highest BCUT2D eigenvalue weighted by atomic mass is 19.1. The van der Waals surface area contributed by atoms with Crippen LogP contribution in [0.25, 0.3) is 22.3 Å². The van der Waals surface area contributed by atoms with Gasteiger partial charge in [-0.25, -0.2) is 14.4 Å². The van der Waals surface area contributed by atoms with Crippen molar-refractivity contribution in [1.29, 1.82) is 0 Å². The Morgan fingerprint density at radius 1 is 1.16 bits per heavy atom. The molecule has 1 aromatic heterocycles. The minimum absolute atomic E-state index is 0.257. The molecule has 0 atom stereocenters. The number of carbonyl (C=O) groups excluding carboxylic acids is 1. The molecule has 0 spiro atoms. The molecule has 6 nitrogen and oxygen atoms in total. The van der Waals surface area contributed by atoms with Gasteiger partial charge in [-0.3, -0.25) is 9.79 Å². The Kier molecular flexibility index (Phi) is 5.75. The molecule has 0 bridgehead atoms. The van der Waals surface area contributed by atoms with Gasteiger partial charge in [0.1, 0.15) is 11.6 Å². The molecule has 1 aliphatic rings. The highest BCUT2D eigenvalue weighted by Gasteiger charge is 2.16. The first-order valence-electron chi connectivity index (χ1n) is 10.2. The average molecular weight is 417 g/mol. The van der Waals surface area contributed by atoms with Crippen LogP contribution in [0.15, 0.2) is 53.2 Å². The number of aliphatic imine (C=N–C) groups is 1. The topological polar surface area (TPSA) is 70.5 Å². The van der Waals surface area contributed by atoms with Crippen LogP contribution in [0.2, 0.25) is 0 Å². The van der Waals surface area contributed by atoms with Crippen LogP contribution in [-0.4, -0.2) is 42.7 Å². The van der Waals surface area contributed by atoms with Crippen molar-refractivity contribution in [3.63, 3.8) is 0 Å². The predicted molar refractivity (Wildman–Crippen MR) is 122 cm³/mol. The summed E-state index contributed by atoms with van der Waals surface area (Å²) in [6.45, 7) is 2.46. The van der Waals surface area contributed by atoms with E-state index in [0.717, 1.165) is 28.6 Å². The fourth-order valence-electron chi connectivity index (χ4n) is 3.51. The standard InChI is InChI=1S/C24H24FN5O/c1-15-6-9-21-19(13-15)23(30(2)3)29-22(28-21)18-8-7-16(14-20(18)25)24(31)27-12-10-17-5-4-11-26-17/h5-9,11,13-14H,4,10,12H2,1-3H3,(H,27,31). The maximum atomic E-state index is 15.0. The number of nitrogens with one attached hydrogen (secondary N) is 1. The number of aromatic nitrogens is 2. The quantitative estimate of drug-likeness (QED) is 0.650. The fraction of sp³-hybridized carbons (Fsp3) is 0.250. The molecule has 0 radical (unpaired) electrons. The third kappa shape index (κ3) is 4.45. The van der Waals surface area contributed by atoms with Crippen LogP contribution in [0.3, 0.4) is 0 Å². The normalized spacial score (nSPS) is 12.8. The Labute approximate surface area is 180 Å². The molecule has 3 aromatic rings. The summed E-state index contributed by atoms with van der Waals surface area (Å²) in [5.41, 5.74) is 3.32. The zero-order valence-electron chi connectivity index (χ0n) is 17.8. The molecule has 4 rings (SSSR count). The number of hydrogen-bond acceptors (Lipinski definition) is 5. The predicted octanol–water partition coefficient (Wildman–Crippen LogP) is 4.29. The van der Waals surface area contributed by atoms with Crippen molar-refractivity contribution in [1.82, 2.24) is 15.3 Å². The summed E-state index contributed by atoms with van der Waals surface area (Å²) in [7, 11) is 3.79. The van der Waals surface area contributed by atoms with Gasteiger partial charge in [-0.1, -0.05) is 17.7 Å². The molecule has 0 fully saturated rings. The van der Waals surface area contributed by atoms with Crippen LogP contribution in [0.5, 0.6) is 0 Å². The van der Waals surface area contributed by atoms with Crippen LogP contribution >= 0.6 is 0 Å². The summed E-state index contributed by atoms with van der Waals surface area (Å²) in [5, 5.41) is 3.72. The van der Waals surface area contributed by atoms with Crippen LogP contribution in [0, 0.1) is 12.7 Å². The molecular weight excluding hydrogens is 393 g/mol. The van der Waals surface area contributed by atoms with Gasteiger partial charge in [-0.15, -0.1) is 0 Å². The van der Waals surface area contributed by atoms with Crippen molar-refractivity contribution >= 4 is 28.8 Å². The molecule has 0 saturated heterocycles. The number of benzene rings is 2. The molecule has 1 aliphatic heterocycles. The molecule has 2 heterocycles.